The van der Waals surface area contributed by atoms with Gasteiger partial charge >= 0.3 is 6.36 Å². The molecular weight excluding hydrogens is 323 g/mol. The van der Waals surface area contributed by atoms with Crippen LogP contribution in [0.1, 0.15) is 12.8 Å². The highest BCUT2D eigenvalue weighted by molar-refractivity contribution is 5.58. The lowest BCUT2D eigenvalue weighted by Gasteiger charge is -2.36. The number of halogens is 3. The summed E-state index contributed by atoms with van der Waals surface area (Å²) in [6.07, 6.45) is -2.09. The number of benzene rings is 1. The lowest BCUT2D eigenvalue weighted by Crippen LogP contribution is -2.46. The van der Waals surface area contributed by atoms with Crippen molar-refractivity contribution in [2.24, 2.45) is 0 Å². The molecule has 24 heavy (non-hydrogen) atoms. The van der Waals surface area contributed by atoms with Crippen LogP contribution < -0.4 is 15.0 Å². The number of amides is 1. The highest BCUT2D eigenvalue weighted by Gasteiger charge is 2.33. The van der Waals surface area contributed by atoms with Crippen LogP contribution in [0.2, 0.25) is 0 Å². The van der Waals surface area contributed by atoms with Gasteiger partial charge in [0.25, 0.3) is 0 Å². The van der Waals surface area contributed by atoms with E-state index in [1.807, 2.05) is 4.90 Å². The molecule has 0 atom stereocenters. The molecule has 1 amide bonds. The second-order valence-electron chi connectivity index (χ2n) is 5.62. The molecule has 1 aromatic rings. The van der Waals surface area contributed by atoms with Crippen molar-refractivity contribution in [3.8, 4) is 5.75 Å². The first-order valence-corrected chi connectivity index (χ1v) is 7.99. The SMILES string of the molecule is O=CNCCCCN1CCN(c2ccccc2OC(F)(F)F)CC1. The fraction of sp³-hybridized carbons (Fsp3) is 0.562. The van der Waals surface area contributed by atoms with Crippen LogP contribution in [0.4, 0.5) is 18.9 Å². The molecule has 0 bridgehead atoms. The quantitative estimate of drug-likeness (QED) is 0.580. The Morgan fingerprint density at radius 2 is 1.83 bits per heavy atom. The van der Waals surface area contributed by atoms with E-state index in [4.69, 9.17) is 0 Å². The molecule has 1 aliphatic rings. The molecule has 8 heteroatoms. The van der Waals surface area contributed by atoms with Gasteiger partial charge in [-0.25, -0.2) is 0 Å². The van der Waals surface area contributed by atoms with E-state index in [2.05, 4.69) is 15.0 Å². The number of nitrogens with one attached hydrogen (secondary N) is 1. The molecule has 134 valence electrons. The summed E-state index contributed by atoms with van der Waals surface area (Å²) >= 11 is 0. The molecule has 0 spiro atoms. The van der Waals surface area contributed by atoms with Gasteiger partial charge in [0, 0.05) is 32.7 Å². The van der Waals surface area contributed by atoms with Crippen LogP contribution in [0.25, 0.3) is 0 Å². The number of hydrogen-bond donors (Lipinski definition) is 1. The Morgan fingerprint density at radius 1 is 1.12 bits per heavy atom. The van der Waals surface area contributed by atoms with Crippen LogP contribution in [0.15, 0.2) is 24.3 Å². The molecule has 0 unspecified atom stereocenters. The first kappa shape index (κ1) is 18.4. The summed E-state index contributed by atoms with van der Waals surface area (Å²) in [4.78, 5) is 14.4. The molecule has 1 fully saturated rings. The van der Waals surface area contributed by atoms with E-state index in [0.29, 0.717) is 31.7 Å². The second-order valence-corrected chi connectivity index (χ2v) is 5.62. The van der Waals surface area contributed by atoms with E-state index >= 15 is 0 Å². The van der Waals surface area contributed by atoms with Crippen molar-refractivity contribution in [1.82, 2.24) is 10.2 Å². The molecule has 0 saturated carbocycles. The third kappa shape index (κ3) is 5.92. The zero-order chi connectivity index (χ0) is 17.4. The Bertz CT molecular complexity index is 518. The summed E-state index contributed by atoms with van der Waals surface area (Å²) in [5.74, 6) is -0.154. The maximum absolute atomic E-state index is 12.5. The summed E-state index contributed by atoms with van der Waals surface area (Å²) in [5, 5.41) is 2.63. The highest BCUT2D eigenvalue weighted by atomic mass is 19.4. The number of para-hydroxylation sites is 2. The monoisotopic (exact) mass is 345 g/mol. The van der Waals surface area contributed by atoms with Crippen molar-refractivity contribution >= 4 is 12.1 Å². The standard InChI is InChI=1S/C16H22F3N3O2/c17-16(18,19)24-15-6-2-1-5-14(15)22-11-9-21(10-12-22)8-4-3-7-20-13-23/h1-2,5-6,13H,3-4,7-12H2,(H,20,23). The Morgan fingerprint density at radius 3 is 2.50 bits per heavy atom. The van der Waals surface area contributed by atoms with Crippen LogP contribution in [-0.4, -0.2) is 56.9 Å². The van der Waals surface area contributed by atoms with E-state index < -0.39 is 6.36 Å². The Labute approximate surface area is 139 Å². The van der Waals surface area contributed by atoms with Crippen molar-refractivity contribution in [3.05, 3.63) is 24.3 Å². The zero-order valence-corrected chi connectivity index (χ0v) is 13.4. The summed E-state index contributed by atoms with van der Waals surface area (Å²) in [5.41, 5.74) is 0.477. The average molecular weight is 345 g/mol. The summed E-state index contributed by atoms with van der Waals surface area (Å²) in [7, 11) is 0. The molecule has 5 nitrogen and oxygen atoms in total. The number of alkyl halides is 3. The molecule has 0 aromatic heterocycles. The van der Waals surface area contributed by atoms with Gasteiger partial charge in [-0.15, -0.1) is 13.2 Å². The normalized spacial score (nSPS) is 16.0. The predicted molar refractivity (Wildman–Crippen MR) is 85.1 cm³/mol. The van der Waals surface area contributed by atoms with Gasteiger partial charge in [-0.3, -0.25) is 9.69 Å². The van der Waals surface area contributed by atoms with E-state index in [0.717, 1.165) is 32.5 Å². The number of anilines is 1. The van der Waals surface area contributed by atoms with Crippen molar-refractivity contribution < 1.29 is 22.7 Å². The first-order valence-electron chi connectivity index (χ1n) is 7.99. The number of nitrogens with zero attached hydrogens (tertiary/aromatic N) is 2. The van der Waals surface area contributed by atoms with Gasteiger partial charge in [-0.2, -0.15) is 0 Å². The van der Waals surface area contributed by atoms with Crippen LogP contribution in [0, 0.1) is 0 Å². The predicted octanol–water partition coefficient (Wildman–Crippen LogP) is 2.23. The second kappa shape index (κ2) is 8.77. The fourth-order valence-electron chi connectivity index (χ4n) is 2.76. The molecular formula is C16H22F3N3O2. The van der Waals surface area contributed by atoms with Crippen molar-refractivity contribution in [3.63, 3.8) is 0 Å². The van der Waals surface area contributed by atoms with Gasteiger partial charge in [0.05, 0.1) is 5.69 Å². The molecule has 0 radical (unpaired) electrons. The third-order valence-electron chi connectivity index (χ3n) is 3.93. The Balaban J connectivity index is 1.83. The van der Waals surface area contributed by atoms with E-state index in [-0.39, 0.29) is 5.75 Å². The number of piperazine rings is 1. The van der Waals surface area contributed by atoms with Crippen LogP contribution >= 0.6 is 0 Å². The van der Waals surface area contributed by atoms with E-state index in [1.165, 1.54) is 12.1 Å². The number of unbranched alkanes of at least 4 members (excludes halogenated alkanes) is 1. The number of carbonyl (C=O) groups excluding carboxylic acids is 1. The fourth-order valence-corrected chi connectivity index (χ4v) is 2.76. The van der Waals surface area contributed by atoms with Gasteiger partial charge in [-0.05, 0) is 31.5 Å². The minimum absolute atomic E-state index is 0.154. The molecule has 1 heterocycles. The van der Waals surface area contributed by atoms with Gasteiger partial charge in [-0.1, -0.05) is 12.1 Å². The third-order valence-corrected chi connectivity index (χ3v) is 3.93. The lowest BCUT2D eigenvalue weighted by atomic mass is 10.2. The maximum atomic E-state index is 12.5. The Hall–Kier alpha value is -1.96. The van der Waals surface area contributed by atoms with Gasteiger partial charge in [0.1, 0.15) is 0 Å². The van der Waals surface area contributed by atoms with Crippen molar-refractivity contribution in [2.75, 3.05) is 44.2 Å². The number of ether oxygens (including phenoxy) is 1. The van der Waals surface area contributed by atoms with Crippen molar-refractivity contribution in [2.45, 2.75) is 19.2 Å². The van der Waals surface area contributed by atoms with E-state index in [9.17, 15) is 18.0 Å². The molecule has 2 rings (SSSR count). The van der Waals surface area contributed by atoms with Crippen molar-refractivity contribution in [1.29, 1.82) is 0 Å². The average Bonchev–Trinajstić information content (AvgIpc) is 2.54. The largest absolute Gasteiger partial charge is 0.573 e. The minimum Gasteiger partial charge on any atom is -0.404 e. The molecule has 1 saturated heterocycles. The topological polar surface area (TPSA) is 44.8 Å². The minimum atomic E-state index is -4.69. The molecule has 0 aliphatic carbocycles. The van der Waals surface area contributed by atoms with Crippen LogP contribution in [-0.2, 0) is 4.79 Å². The lowest BCUT2D eigenvalue weighted by molar-refractivity contribution is -0.274. The smallest absolute Gasteiger partial charge is 0.404 e. The molecule has 1 aromatic carbocycles. The summed E-state index contributed by atoms with van der Waals surface area (Å²) < 4.78 is 41.6. The molecule has 1 N–H and O–H groups in total. The van der Waals surface area contributed by atoms with Gasteiger partial charge in [0.2, 0.25) is 6.41 Å². The van der Waals surface area contributed by atoms with Crippen LogP contribution in [0.5, 0.6) is 5.75 Å². The summed E-state index contributed by atoms with van der Waals surface area (Å²) in [6.45, 7) is 4.50. The van der Waals surface area contributed by atoms with Gasteiger partial charge in [0.15, 0.2) is 5.75 Å². The Kier molecular flexibility index (Phi) is 6.72. The maximum Gasteiger partial charge on any atom is 0.573 e. The first-order chi connectivity index (χ1) is 11.5. The number of carbonyl (C=O) groups is 1. The van der Waals surface area contributed by atoms with Crippen LogP contribution in [0.3, 0.4) is 0 Å². The number of hydrogen-bond acceptors (Lipinski definition) is 4. The highest BCUT2D eigenvalue weighted by Crippen LogP contribution is 2.33. The summed E-state index contributed by atoms with van der Waals surface area (Å²) in [6, 6.07) is 6.25. The number of rotatable bonds is 8. The van der Waals surface area contributed by atoms with E-state index in [1.54, 1.807) is 12.1 Å². The van der Waals surface area contributed by atoms with Gasteiger partial charge < -0.3 is 15.0 Å². The zero-order valence-electron chi connectivity index (χ0n) is 13.4. The molecule has 1 aliphatic heterocycles.